The fourth-order valence-electron chi connectivity index (χ4n) is 4.51. The molecule has 2 aromatic heterocycles. The van der Waals surface area contributed by atoms with Crippen LogP contribution < -0.4 is 0 Å². The first-order valence-electron chi connectivity index (χ1n) is 10.5. The number of fused-ring (bicyclic) bond motifs is 1. The van der Waals surface area contributed by atoms with E-state index in [1.54, 1.807) is 23.5 Å². The van der Waals surface area contributed by atoms with Crippen LogP contribution in [0.25, 0.3) is 22.0 Å². The SMILES string of the molecule is CC(=O)c1cn(CC(=O)N2CC(C)CC2C=O)c2c(C)cc(-c3cnc(C)nc3)cc12. The lowest BCUT2D eigenvalue weighted by Crippen LogP contribution is -2.38. The largest absolute Gasteiger partial charge is 0.337 e. The lowest BCUT2D eigenvalue weighted by molar-refractivity contribution is -0.135. The summed E-state index contributed by atoms with van der Waals surface area (Å²) in [5.74, 6) is 0.826. The molecule has 0 spiro atoms. The van der Waals surface area contributed by atoms with Crippen LogP contribution in [-0.2, 0) is 16.1 Å². The molecule has 3 heterocycles. The van der Waals surface area contributed by atoms with Crippen LogP contribution in [0, 0.1) is 19.8 Å². The van der Waals surface area contributed by atoms with Gasteiger partial charge in [0.2, 0.25) is 5.91 Å². The molecular formula is C24H26N4O3. The summed E-state index contributed by atoms with van der Waals surface area (Å²) < 4.78 is 1.84. The summed E-state index contributed by atoms with van der Waals surface area (Å²) in [6.07, 6.45) is 6.84. The smallest absolute Gasteiger partial charge is 0.243 e. The van der Waals surface area contributed by atoms with E-state index in [2.05, 4.69) is 9.97 Å². The third-order valence-electron chi connectivity index (χ3n) is 5.99. The number of aldehydes is 1. The van der Waals surface area contributed by atoms with Gasteiger partial charge in [0.05, 0.1) is 11.6 Å². The Balaban J connectivity index is 1.76. The number of benzene rings is 1. The number of hydrogen-bond donors (Lipinski definition) is 0. The Hall–Kier alpha value is -3.35. The molecule has 1 amide bonds. The highest BCUT2D eigenvalue weighted by atomic mass is 16.2. The normalized spacial score (nSPS) is 18.5. The Labute approximate surface area is 181 Å². The zero-order valence-corrected chi connectivity index (χ0v) is 18.3. The molecule has 2 unspecified atom stereocenters. The topological polar surface area (TPSA) is 85.2 Å². The Morgan fingerprint density at radius 3 is 2.52 bits per heavy atom. The van der Waals surface area contributed by atoms with Gasteiger partial charge in [0, 0.05) is 41.6 Å². The number of nitrogens with zero attached hydrogens (tertiary/aromatic N) is 4. The first kappa shape index (κ1) is 20.9. The van der Waals surface area contributed by atoms with E-state index in [4.69, 9.17) is 0 Å². The molecule has 0 N–H and O–H groups in total. The lowest BCUT2D eigenvalue weighted by atomic mass is 10.0. The van der Waals surface area contributed by atoms with Crippen molar-refractivity contribution >= 4 is 28.9 Å². The quantitative estimate of drug-likeness (QED) is 0.469. The molecule has 1 aliphatic rings. The molecule has 1 saturated heterocycles. The van der Waals surface area contributed by atoms with Crippen LogP contribution in [0.4, 0.5) is 0 Å². The van der Waals surface area contributed by atoms with E-state index in [9.17, 15) is 14.4 Å². The maximum absolute atomic E-state index is 13.0. The second kappa shape index (κ2) is 8.06. The van der Waals surface area contributed by atoms with Gasteiger partial charge < -0.3 is 14.3 Å². The molecule has 1 aromatic carbocycles. The minimum Gasteiger partial charge on any atom is -0.337 e. The van der Waals surface area contributed by atoms with Crippen molar-refractivity contribution in [2.45, 2.75) is 46.7 Å². The molecule has 1 aliphatic heterocycles. The average molecular weight is 418 g/mol. The maximum atomic E-state index is 13.0. The molecule has 7 nitrogen and oxygen atoms in total. The standard InChI is InChI=1S/C24H26N4O3/c1-14-5-20(13-29)28(10-14)23(31)12-27-11-22(16(3)30)21-7-18(6-15(2)24(21)27)19-8-25-17(4)26-9-19/h6-9,11,13-14,20H,5,10,12H2,1-4H3. The van der Waals surface area contributed by atoms with Crippen LogP contribution in [0.15, 0.2) is 30.7 Å². The second-order valence-corrected chi connectivity index (χ2v) is 8.53. The number of carbonyl (C=O) groups is 3. The van der Waals surface area contributed by atoms with Crippen LogP contribution in [0.3, 0.4) is 0 Å². The van der Waals surface area contributed by atoms with Crippen LogP contribution >= 0.6 is 0 Å². The second-order valence-electron chi connectivity index (χ2n) is 8.53. The summed E-state index contributed by atoms with van der Waals surface area (Å²) in [4.78, 5) is 47.0. The van der Waals surface area contributed by atoms with E-state index in [0.717, 1.165) is 33.9 Å². The molecule has 0 saturated carbocycles. The van der Waals surface area contributed by atoms with Crippen LogP contribution in [0.1, 0.15) is 42.0 Å². The summed E-state index contributed by atoms with van der Waals surface area (Å²) in [5, 5.41) is 0.803. The van der Waals surface area contributed by atoms with E-state index >= 15 is 0 Å². The van der Waals surface area contributed by atoms with Gasteiger partial charge in [0.1, 0.15) is 18.7 Å². The van der Waals surface area contributed by atoms with E-state index < -0.39 is 0 Å². The number of amides is 1. The van der Waals surface area contributed by atoms with E-state index in [1.807, 2.05) is 37.5 Å². The number of hydrogen-bond acceptors (Lipinski definition) is 5. The number of aryl methyl sites for hydroxylation is 2. The molecule has 3 aromatic rings. The predicted molar refractivity (Wildman–Crippen MR) is 118 cm³/mol. The van der Waals surface area contributed by atoms with E-state index in [-0.39, 0.29) is 24.3 Å². The Kier molecular flexibility index (Phi) is 5.43. The third-order valence-corrected chi connectivity index (χ3v) is 5.99. The van der Waals surface area contributed by atoms with Crippen molar-refractivity contribution in [1.82, 2.24) is 19.4 Å². The minimum absolute atomic E-state index is 0.0616. The molecule has 2 atom stereocenters. The molecule has 1 fully saturated rings. The highest BCUT2D eigenvalue weighted by molar-refractivity contribution is 6.09. The number of likely N-dealkylation sites (tertiary alicyclic amines) is 1. The Bertz CT molecular complexity index is 1180. The molecule has 31 heavy (non-hydrogen) atoms. The fourth-order valence-corrected chi connectivity index (χ4v) is 4.51. The van der Waals surface area contributed by atoms with Crippen molar-refractivity contribution < 1.29 is 14.4 Å². The molecule has 0 bridgehead atoms. The lowest BCUT2D eigenvalue weighted by Gasteiger charge is -2.21. The summed E-state index contributed by atoms with van der Waals surface area (Å²) in [6.45, 7) is 8.05. The van der Waals surface area contributed by atoms with Gasteiger partial charge in [-0.1, -0.05) is 6.92 Å². The number of aromatic nitrogens is 3. The van der Waals surface area contributed by atoms with Gasteiger partial charge in [-0.25, -0.2) is 9.97 Å². The zero-order valence-electron chi connectivity index (χ0n) is 18.3. The summed E-state index contributed by atoms with van der Waals surface area (Å²) >= 11 is 0. The van der Waals surface area contributed by atoms with Crippen molar-refractivity contribution in [1.29, 1.82) is 0 Å². The highest BCUT2D eigenvalue weighted by Gasteiger charge is 2.33. The number of Topliss-reactive ketones (excluding diaryl/α,β-unsaturated/α-hetero) is 1. The third kappa shape index (κ3) is 3.87. The van der Waals surface area contributed by atoms with Crippen molar-refractivity contribution in [2.24, 2.45) is 5.92 Å². The minimum atomic E-state index is -0.370. The summed E-state index contributed by atoms with van der Waals surface area (Å²) in [5.41, 5.74) is 4.17. The Morgan fingerprint density at radius 2 is 1.87 bits per heavy atom. The van der Waals surface area contributed by atoms with E-state index in [0.29, 0.717) is 30.3 Å². The van der Waals surface area contributed by atoms with Crippen LogP contribution in [0.2, 0.25) is 0 Å². The monoisotopic (exact) mass is 418 g/mol. The van der Waals surface area contributed by atoms with Crippen molar-refractivity contribution in [2.75, 3.05) is 6.54 Å². The molecule has 4 rings (SSSR count). The predicted octanol–water partition coefficient (Wildman–Crippen LogP) is 3.35. The van der Waals surface area contributed by atoms with Crippen molar-refractivity contribution in [3.05, 3.63) is 47.7 Å². The van der Waals surface area contributed by atoms with Gasteiger partial charge in [-0.3, -0.25) is 9.59 Å². The first-order chi connectivity index (χ1) is 14.8. The molecular weight excluding hydrogens is 392 g/mol. The van der Waals surface area contributed by atoms with Gasteiger partial charge in [0.25, 0.3) is 0 Å². The van der Waals surface area contributed by atoms with Gasteiger partial charge in [-0.15, -0.1) is 0 Å². The van der Waals surface area contributed by atoms with Gasteiger partial charge in [-0.05, 0) is 56.4 Å². The number of rotatable bonds is 5. The average Bonchev–Trinajstić information content (AvgIpc) is 3.29. The van der Waals surface area contributed by atoms with Crippen molar-refractivity contribution in [3.63, 3.8) is 0 Å². The van der Waals surface area contributed by atoms with Crippen molar-refractivity contribution in [3.8, 4) is 11.1 Å². The molecule has 0 aliphatic carbocycles. The summed E-state index contributed by atoms with van der Waals surface area (Å²) in [7, 11) is 0. The molecule has 160 valence electrons. The molecule has 7 heteroatoms. The van der Waals surface area contributed by atoms with Crippen LogP contribution in [0.5, 0.6) is 0 Å². The van der Waals surface area contributed by atoms with Gasteiger partial charge in [-0.2, -0.15) is 0 Å². The summed E-state index contributed by atoms with van der Waals surface area (Å²) in [6, 6.07) is 3.61. The molecule has 0 radical (unpaired) electrons. The Morgan fingerprint density at radius 1 is 1.16 bits per heavy atom. The number of ketones is 1. The number of carbonyl (C=O) groups excluding carboxylic acids is 3. The fraction of sp³-hybridized carbons (Fsp3) is 0.375. The highest BCUT2D eigenvalue weighted by Crippen LogP contribution is 2.31. The zero-order chi connectivity index (χ0) is 22.3. The van der Waals surface area contributed by atoms with Crippen LogP contribution in [-0.4, -0.2) is 50.0 Å². The maximum Gasteiger partial charge on any atom is 0.243 e. The van der Waals surface area contributed by atoms with E-state index in [1.165, 1.54) is 6.92 Å². The first-order valence-corrected chi connectivity index (χ1v) is 10.5. The van der Waals surface area contributed by atoms with Gasteiger partial charge in [0.15, 0.2) is 5.78 Å². The van der Waals surface area contributed by atoms with Gasteiger partial charge >= 0.3 is 0 Å².